The molecule has 100 valence electrons. The van der Waals surface area contributed by atoms with Gasteiger partial charge in [0.05, 0.1) is 17.3 Å². The fraction of sp³-hybridized carbons (Fsp3) is 0.429. The van der Waals surface area contributed by atoms with E-state index in [1.807, 2.05) is 10.6 Å². The van der Waals surface area contributed by atoms with E-state index in [1.54, 1.807) is 18.3 Å². The van der Waals surface area contributed by atoms with Gasteiger partial charge in [0.25, 0.3) is 0 Å². The molecule has 0 amide bonds. The fourth-order valence-electron chi connectivity index (χ4n) is 2.83. The van der Waals surface area contributed by atoms with Gasteiger partial charge in [0.15, 0.2) is 0 Å². The van der Waals surface area contributed by atoms with Gasteiger partial charge < -0.3 is 9.51 Å². The number of hydrogen-bond acceptors (Lipinski definition) is 3. The van der Waals surface area contributed by atoms with Gasteiger partial charge in [-0.1, -0.05) is 6.92 Å². The van der Waals surface area contributed by atoms with Crippen molar-refractivity contribution in [3.8, 4) is 0 Å². The Labute approximate surface area is 111 Å². The zero-order chi connectivity index (χ0) is 13.4. The van der Waals surface area contributed by atoms with Crippen molar-refractivity contribution in [1.82, 2.24) is 14.3 Å². The quantitative estimate of drug-likeness (QED) is 0.918. The van der Waals surface area contributed by atoms with E-state index in [2.05, 4.69) is 16.8 Å². The minimum atomic E-state index is -0.914. The van der Waals surface area contributed by atoms with E-state index in [0.29, 0.717) is 11.7 Å². The molecule has 5 nitrogen and oxygen atoms in total. The summed E-state index contributed by atoms with van der Waals surface area (Å²) in [5.74, 6) is -0.914. The van der Waals surface area contributed by atoms with Gasteiger partial charge in [0, 0.05) is 12.4 Å². The Hall–Kier alpha value is -1.88. The molecule has 0 bridgehead atoms. The minimum Gasteiger partial charge on any atom is -0.478 e. The third kappa shape index (κ3) is 2.10. The number of carboxylic acids is 1. The topological polar surface area (TPSA) is 57.8 Å². The number of carbonyl (C=O) groups is 1. The normalized spacial score (nSPS) is 20.2. The molecular formula is C14H17N3O2. The van der Waals surface area contributed by atoms with E-state index in [9.17, 15) is 4.79 Å². The first-order valence-corrected chi connectivity index (χ1v) is 6.65. The molecule has 0 aromatic carbocycles. The maximum atomic E-state index is 11.0. The highest BCUT2D eigenvalue weighted by Gasteiger charge is 2.26. The van der Waals surface area contributed by atoms with Crippen molar-refractivity contribution in [2.45, 2.75) is 25.8 Å². The average Bonchev–Trinajstić information content (AvgIpc) is 3.03. The molecule has 2 aromatic heterocycles. The summed E-state index contributed by atoms with van der Waals surface area (Å²) in [4.78, 5) is 18.0. The summed E-state index contributed by atoms with van der Waals surface area (Å²) >= 11 is 0. The van der Waals surface area contributed by atoms with Crippen LogP contribution in [0.25, 0.3) is 5.65 Å². The second kappa shape index (κ2) is 4.66. The SMILES string of the molecule is CCN1CCCC1c1cn2ccc(C(=O)O)cc2n1. The predicted molar refractivity (Wildman–Crippen MR) is 71.4 cm³/mol. The number of aromatic nitrogens is 2. The van der Waals surface area contributed by atoms with Crippen molar-refractivity contribution in [2.75, 3.05) is 13.1 Å². The van der Waals surface area contributed by atoms with Crippen LogP contribution in [0.15, 0.2) is 24.5 Å². The first-order chi connectivity index (χ1) is 9.19. The van der Waals surface area contributed by atoms with Crippen LogP contribution < -0.4 is 0 Å². The Bertz CT molecular complexity index is 620. The van der Waals surface area contributed by atoms with Gasteiger partial charge in [-0.15, -0.1) is 0 Å². The van der Waals surface area contributed by atoms with E-state index in [0.717, 1.165) is 25.2 Å². The first-order valence-electron chi connectivity index (χ1n) is 6.65. The maximum Gasteiger partial charge on any atom is 0.335 e. The molecule has 3 rings (SSSR count). The number of rotatable bonds is 3. The first kappa shape index (κ1) is 12.2. The Balaban J connectivity index is 1.99. The van der Waals surface area contributed by atoms with Crippen LogP contribution in [-0.4, -0.2) is 38.4 Å². The Kier molecular flexibility index (Phi) is 2.98. The lowest BCUT2D eigenvalue weighted by Crippen LogP contribution is -2.22. The summed E-state index contributed by atoms with van der Waals surface area (Å²) in [6, 6.07) is 3.60. The van der Waals surface area contributed by atoms with Crippen molar-refractivity contribution in [1.29, 1.82) is 0 Å². The number of hydrogen-bond donors (Lipinski definition) is 1. The van der Waals surface area contributed by atoms with Gasteiger partial charge in [-0.25, -0.2) is 9.78 Å². The molecule has 1 N–H and O–H groups in total. The molecule has 0 radical (unpaired) electrons. The van der Waals surface area contributed by atoms with E-state index in [-0.39, 0.29) is 5.56 Å². The highest BCUT2D eigenvalue weighted by molar-refractivity contribution is 5.88. The Morgan fingerprint density at radius 2 is 2.42 bits per heavy atom. The van der Waals surface area contributed by atoms with Gasteiger partial charge in [0.2, 0.25) is 0 Å². The second-order valence-electron chi connectivity index (χ2n) is 4.94. The number of pyridine rings is 1. The van der Waals surface area contributed by atoms with Gasteiger partial charge >= 0.3 is 5.97 Å². The average molecular weight is 259 g/mol. The third-order valence-corrected chi connectivity index (χ3v) is 3.84. The third-order valence-electron chi connectivity index (χ3n) is 3.84. The van der Waals surface area contributed by atoms with Crippen molar-refractivity contribution < 1.29 is 9.90 Å². The molecule has 0 spiro atoms. The molecule has 1 unspecified atom stereocenters. The molecule has 1 atom stereocenters. The van der Waals surface area contributed by atoms with Gasteiger partial charge in [-0.05, 0) is 38.1 Å². The standard InChI is InChI=1S/C14H17N3O2/c1-2-16-6-3-4-12(16)11-9-17-7-5-10(14(18)19)8-13(17)15-11/h5,7-9,12H,2-4,6H2,1H3,(H,18,19). The van der Waals surface area contributed by atoms with Crippen LogP contribution in [-0.2, 0) is 0 Å². The van der Waals surface area contributed by atoms with E-state index in [4.69, 9.17) is 5.11 Å². The van der Waals surface area contributed by atoms with E-state index < -0.39 is 5.97 Å². The number of carboxylic acid groups (broad SMARTS) is 1. The monoisotopic (exact) mass is 259 g/mol. The Morgan fingerprint density at radius 3 is 3.16 bits per heavy atom. The van der Waals surface area contributed by atoms with Crippen LogP contribution in [0.4, 0.5) is 0 Å². The van der Waals surface area contributed by atoms with Crippen LogP contribution in [0, 0.1) is 0 Å². The Morgan fingerprint density at radius 1 is 1.58 bits per heavy atom. The van der Waals surface area contributed by atoms with Crippen molar-refractivity contribution in [2.24, 2.45) is 0 Å². The fourth-order valence-corrected chi connectivity index (χ4v) is 2.83. The summed E-state index contributed by atoms with van der Waals surface area (Å²) in [6.07, 6.45) is 6.11. The zero-order valence-corrected chi connectivity index (χ0v) is 10.9. The lowest BCUT2D eigenvalue weighted by atomic mass is 10.1. The van der Waals surface area contributed by atoms with Gasteiger partial charge in [-0.3, -0.25) is 4.90 Å². The molecule has 5 heteroatoms. The van der Waals surface area contributed by atoms with Crippen LogP contribution in [0.5, 0.6) is 0 Å². The van der Waals surface area contributed by atoms with Crippen molar-refractivity contribution in [3.05, 3.63) is 35.8 Å². The molecule has 1 fully saturated rings. The highest BCUT2D eigenvalue weighted by atomic mass is 16.4. The van der Waals surface area contributed by atoms with Crippen LogP contribution >= 0.6 is 0 Å². The zero-order valence-electron chi connectivity index (χ0n) is 10.9. The molecule has 3 heterocycles. The maximum absolute atomic E-state index is 11.0. The van der Waals surface area contributed by atoms with Crippen molar-refractivity contribution in [3.63, 3.8) is 0 Å². The predicted octanol–water partition coefficient (Wildman–Crippen LogP) is 2.19. The molecule has 1 saturated heterocycles. The van der Waals surface area contributed by atoms with E-state index >= 15 is 0 Å². The number of likely N-dealkylation sites (tertiary alicyclic amines) is 1. The lowest BCUT2D eigenvalue weighted by Gasteiger charge is -2.20. The molecule has 0 saturated carbocycles. The molecule has 0 aliphatic carbocycles. The number of fused-ring (bicyclic) bond motifs is 1. The largest absolute Gasteiger partial charge is 0.478 e. The molecule has 1 aliphatic rings. The number of nitrogens with zero attached hydrogens (tertiary/aromatic N) is 3. The minimum absolute atomic E-state index is 0.281. The smallest absolute Gasteiger partial charge is 0.335 e. The summed E-state index contributed by atoms with van der Waals surface area (Å²) in [5, 5.41) is 9.00. The highest BCUT2D eigenvalue weighted by Crippen LogP contribution is 2.30. The molecule has 19 heavy (non-hydrogen) atoms. The van der Waals surface area contributed by atoms with Gasteiger partial charge in [-0.2, -0.15) is 0 Å². The number of imidazole rings is 1. The van der Waals surface area contributed by atoms with Crippen LogP contribution in [0.2, 0.25) is 0 Å². The summed E-state index contributed by atoms with van der Waals surface area (Å²) in [5.41, 5.74) is 2.03. The molecule has 2 aromatic rings. The summed E-state index contributed by atoms with van der Waals surface area (Å²) in [7, 11) is 0. The summed E-state index contributed by atoms with van der Waals surface area (Å²) < 4.78 is 1.90. The van der Waals surface area contributed by atoms with Crippen LogP contribution in [0.1, 0.15) is 41.9 Å². The molecular weight excluding hydrogens is 242 g/mol. The second-order valence-corrected chi connectivity index (χ2v) is 4.94. The summed E-state index contributed by atoms with van der Waals surface area (Å²) in [6.45, 7) is 4.31. The van der Waals surface area contributed by atoms with E-state index in [1.165, 1.54) is 6.42 Å². The van der Waals surface area contributed by atoms with Crippen LogP contribution in [0.3, 0.4) is 0 Å². The number of aromatic carboxylic acids is 1. The lowest BCUT2D eigenvalue weighted by molar-refractivity contribution is 0.0697. The van der Waals surface area contributed by atoms with Crippen molar-refractivity contribution >= 4 is 11.6 Å². The molecule has 1 aliphatic heterocycles. The van der Waals surface area contributed by atoms with Gasteiger partial charge in [0.1, 0.15) is 5.65 Å².